The summed E-state index contributed by atoms with van der Waals surface area (Å²) in [4.78, 5) is 74.4. The Kier molecular flexibility index (Phi) is 17.7. The highest BCUT2D eigenvalue weighted by molar-refractivity contribution is 6.39. The number of rotatable bonds is 4. The van der Waals surface area contributed by atoms with Crippen LogP contribution in [0.15, 0.2) is 11.6 Å². The summed E-state index contributed by atoms with van der Waals surface area (Å²) in [5.41, 5.74) is -1.82. The molecule has 9 fully saturated rings. The van der Waals surface area contributed by atoms with Crippen LogP contribution < -0.4 is 5.48 Å². The number of carboxylic acids is 1. The molecular formula is C59H91NO22. The molecule has 0 aromatic rings. The number of esters is 2. The molecule has 0 amide bonds. The summed E-state index contributed by atoms with van der Waals surface area (Å²) >= 11 is 0. The van der Waals surface area contributed by atoms with E-state index in [9.17, 15) is 70.2 Å². The van der Waals surface area contributed by atoms with Crippen molar-refractivity contribution < 1.29 is 108 Å². The smallest absolute Gasteiger partial charge is 0.315 e. The number of aliphatic hydroxyl groups excluding tert-OH is 8. The Bertz CT molecular complexity index is 2450. The van der Waals surface area contributed by atoms with E-state index < -0.39 is 200 Å². The summed E-state index contributed by atoms with van der Waals surface area (Å²) in [5.74, 6) is -6.81. The molecule has 25 unspecified atom stereocenters. The number of carboxylic acid groups (broad SMARTS) is 1. The third-order valence-electron chi connectivity index (χ3n) is 22.2. The Balaban J connectivity index is 1.09. The molecule has 14 rings (SSSR count). The highest BCUT2D eigenvalue weighted by atomic mass is 16.8. The number of hydroxylamine groups is 1. The van der Waals surface area contributed by atoms with Gasteiger partial charge in [-0.05, 0) is 129 Å². The second-order valence-corrected chi connectivity index (χ2v) is 28.5. The number of aliphatic carboxylic acids is 1. The van der Waals surface area contributed by atoms with Gasteiger partial charge in [0.05, 0.1) is 60.6 Å². The molecule has 0 aromatic heterocycles. The van der Waals surface area contributed by atoms with Crippen LogP contribution in [0.4, 0.5) is 0 Å². The largest absolute Gasteiger partial charge is 0.481 e. The van der Waals surface area contributed by atoms with Crippen LogP contribution in [0.1, 0.15) is 152 Å². The van der Waals surface area contributed by atoms with E-state index in [-0.39, 0.29) is 35.0 Å². The maximum Gasteiger partial charge on any atom is 0.315 e. The van der Waals surface area contributed by atoms with Gasteiger partial charge in [0.1, 0.15) is 36.6 Å². The zero-order valence-electron chi connectivity index (χ0n) is 48.8. The molecule has 464 valence electrons. The van der Waals surface area contributed by atoms with Crippen molar-refractivity contribution in [2.75, 3.05) is 13.2 Å². The molecule has 11 N–H and O–H groups in total. The lowest BCUT2D eigenvalue weighted by molar-refractivity contribution is -0.351. The van der Waals surface area contributed by atoms with Crippen LogP contribution in [0.3, 0.4) is 0 Å². The molecule has 25 atom stereocenters. The van der Waals surface area contributed by atoms with Crippen molar-refractivity contribution in [1.82, 2.24) is 5.48 Å². The molecule has 8 aliphatic heterocycles. The number of carbonyl (C=O) groups is 5. The molecule has 82 heavy (non-hydrogen) atoms. The Hall–Kier alpha value is -3.11. The average molecular weight is 1170 g/mol. The zero-order chi connectivity index (χ0) is 60.2. The van der Waals surface area contributed by atoms with Crippen LogP contribution in [0.5, 0.6) is 0 Å². The molecule has 23 heteroatoms. The maximum absolute atomic E-state index is 15.3. The molecule has 0 radical (unpaired) electrons. The Labute approximate surface area is 478 Å². The minimum atomic E-state index is -2.30. The molecule has 1 spiro atoms. The molecule has 4 saturated heterocycles. The van der Waals surface area contributed by atoms with Crippen molar-refractivity contribution >= 4 is 29.5 Å². The molecule has 8 heterocycles. The van der Waals surface area contributed by atoms with Crippen molar-refractivity contribution in [3.8, 4) is 0 Å². The van der Waals surface area contributed by atoms with Gasteiger partial charge in [-0.25, -0.2) is 0 Å². The normalized spacial score (nSPS) is 50.2. The van der Waals surface area contributed by atoms with Gasteiger partial charge in [-0.1, -0.05) is 60.1 Å². The Morgan fingerprint density at radius 1 is 0.732 bits per heavy atom. The fourth-order valence-electron chi connectivity index (χ4n) is 17.5. The van der Waals surface area contributed by atoms with Gasteiger partial charge in [0, 0.05) is 25.4 Å². The van der Waals surface area contributed by atoms with Crippen molar-refractivity contribution in [2.24, 2.45) is 56.2 Å². The van der Waals surface area contributed by atoms with E-state index in [2.05, 4.69) is 60.0 Å². The predicted octanol–water partition coefficient (Wildman–Crippen LogP) is 1.44. The van der Waals surface area contributed by atoms with Crippen molar-refractivity contribution in [2.45, 2.75) is 256 Å². The second kappa shape index (κ2) is 22.9. The summed E-state index contributed by atoms with van der Waals surface area (Å²) in [7, 11) is 0. The predicted molar refractivity (Wildman–Crippen MR) is 284 cm³/mol. The van der Waals surface area contributed by atoms with Crippen LogP contribution in [0, 0.1) is 56.2 Å². The number of Topliss-reactive ketones (excluding diaryl/α,β-unsaturated/α-hetero) is 2. The first kappa shape index (κ1) is 63.4. The topological polar surface area (TPSA) is 364 Å². The van der Waals surface area contributed by atoms with Gasteiger partial charge in [-0.2, -0.15) is 5.48 Å². The lowest BCUT2D eigenvalue weighted by Gasteiger charge is -2.71. The highest BCUT2D eigenvalue weighted by Gasteiger charge is 2.71. The zero-order valence-corrected chi connectivity index (χ0v) is 48.8. The highest BCUT2D eigenvalue weighted by Crippen LogP contribution is 2.76. The summed E-state index contributed by atoms with van der Waals surface area (Å²) in [6.45, 7) is 16.9. The molecule has 6 aliphatic carbocycles. The van der Waals surface area contributed by atoms with Gasteiger partial charge in [0.15, 0.2) is 18.5 Å². The van der Waals surface area contributed by atoms with Gasteiger partial charge in [-0.3, -0.25) is 28.8 Å². The first-order valence-electron chi connectivity index (χ1n) is 29.6. The lowest BCUT2D eigenvalue weighted by Crippen LogP contribution is -2.68. The van der Waals surface area contributed by atoms with Gasteiger partial charge in [0.2, 0.25) is 17.9 Å². The van der Waals surface area contributed by atoms with Crippen molar-refractivity contribution in [3.05, 3.63) is 11.6 Å². The lowest BCUT2D eigenvalue weighted by atomic mass is 9.33. The second-order valence-electron chi connectivity index (χ2n) is 28.5. The molecule has 23 nitrogen and oxygen atoms in total. The number of nitrogens with one attached hydrogen (secondary N) is 1. The number of aliphatic hydroxyl groups is 9. The minimum Gasteiger partial charge on any atom is -0.481 e. The number of carbonyl (C=O) groups excluding carboxylic acids is 4. The van der Waals surface area contributed by atoms with E-state index in [0.717, 1.165) is 19.8 Å². The summed E-state index contributed by atoms with van der Waals surface area (Å²) in [5, 5.41) is 112. The van der Waals surface area contributed by atoms with Crippen LogP contribution in [0.2, 0.25) is 0 Å². The van der Waals surface area contributed by atoms with Gasteiger partial charge >= 0.3 is 17.9 Å². The number of hydrogen-bond acceptors (Lipinski definition) is 22. The van der Waals surface area contributed by atoms with Gasteiger partial charge in [0.25, 0.3) is 0 Å². The van der Waals surface area contributed by atoms with Crippen LogP contribution in [-0.2, 0) is 57.2 Å². The Morgan fingerprint density at radius 2 is 1.41 bits per heavy atom. The van der Waals surface area contributed by atoms with Crippen LogP contribution in [0.25, 0.3) is 0 Å². The molecule has 14 aliphatic rings. The third kappa shape index (κ3) is 11.1. The number of allylic oxidation sites excluding steroid dienone is 2. The number of hydrogen-bond donors (Lipinski definition) is 11. The van der Waals surface area contributed by atoms with E-state index in [1.54, 1.807) is 0 Å². The molecular weight excluding hydrogens is 1070 g/mol. The first-order valence-corrected chi connectivity index (χ1v) is 29.6. The van der Waals surface area contributed by atoms with Gasteiger partial charge in [-0.15, -0.1) is 0 Å². The minimum absolute atomic E-state index is 0.0359. The van der Waals surface area contributed by atoms with E-state index in [0.29, 0.717) is 44.9 Å². The fourth-order valence-corrected chi connectivity index (χ4v) is 17.5. The number of ketones is 2. The van der Waals surface area contributed by atoms with Gasteiger partial charge < -0.3 is 79.5 Å². The molecule has 5 saturated carbocycles. The maximum atomic E-state index is 15.3. The summed E-state index contributed by atoms with van der Waals surface area (Å²) in [6.07, 6.45) is -18.5. The fraction of sp³-hybridized carbons (Fsp3) is 0.881. The quantitative estimate of drug-likeness (QED) is 0.108. The summed E-state index contributed by atoms with van der Waals surface area (Å²) < 4.78 is 36.7. The first-order chi connectivity index (χ1) is 38.1. The van der Waals surface area contributed by atoms with E-state index >= 15 is 4.79 Å². The standard InChI is InChI=1S/C59H91NO22/c1-27-46-44(72)45(73)50(77-27)80-48-42(70)34(64)26-76-51(48)81-52(74)59-18-16-53(2,3)21-30(59)29-10-12-37-56(7)23-33(63)49(54(4,5)36(56)14-15-58(37,9)57(29,8)17-19-59)78-35-20-28(25-61)40(68)43(71)47(35)82-60-31(11-13-38(65)66)41(69)32(62)22-55(6,75)24-39(67)79-46/h10,27-28,30-31,33-37,40,42-51,60-61,63-64,68,70-73,75H,11-26H2,1-9H3,(H,65,66). The molecule has 0 aromatic carbocycles. The van der Waals surface area contributed by atoms with Crippen molar-refractivity contribution in [3.63, 3.8) is 0 Å². The van der Waals surface area contributed by atoms with Crippen molar-refractivity contribution in [1.29, 1.82) is 0 Å². The Morgan fingerprint density at radius 3 is 2.10 bits per heavy atom. The third-order valence-corrected chi connectivity index (χ3v) is 22.2. The molecule has 10 bridgehead atoms. The number of ether oxygens (including phenoxy) is 6. The van der Waals surface area contributed by atoms with E-state index in [1.807, 2.05) is 0 Å². The summed E-state index contributed by atoms with van der Waals surface area (Å²) in [6, 6.07) is -1.72. The average Bonchev–Trinajstić information content (AvgIpc) is 0.730. The monoisotopic (exact) mass is 1170 g/mol. The van der Waals surface area contributed by atoms with Crippen LogP contribution in [-0.4, -0.2) is 197 Å². The van der Waals surface area contributed by atoms with E-state index in [1.165, 1.54) is 12.5 Å². The van der Waals surface area contributed by atoms with E-state index in [4.69, 9.17) is 33.3 Å². The SMILES string of the molecule is CC1OC2OC3C(OCC(O)C3O)OC(=O)C34CCC(C)(C)CC3C3=CCC5C6(C)CC(O)C(OC7CC(CO)C(O)C(O)C7ONC(CCC(=O)O)C(=O)C(=O)CC(C)(O)CC(=O)OC1C(O)C2O)C(C)(C)C6CCC5(C)C3(C)CC4. The van der Waals surface area contributed by atoms with Crippen LogP contribution >= 0.6 is 0 Å².